The van der Waals surface area contributed by atoms with Crippen LogP contribution in [-0.2, 0) is 0 Å². The van der Waals surface area contributed by atoms with Crippen molar-refractivity contribution in [2.45, 2.75) is 124 Å². The quantitative estimate of drug-likeness (QED) is 0.564. The zero-order valence-corrected chi connectivity index (χ0v) is 19.8. The van der Waals surface area contributed by atoms with Crippen molar-refractivity contribution in [2.75, 3.05) is 19.6 Å². The summed E-state index contributed by atoms with van der Waals surface area (Å²) in [6.07, 6.45) is 11.2. The number of hydrogen-bond acceptors (Lipinski definition) is 2. The highest BCUT2D eigenvalue weighted by molar-refractivity contribution is 5.08. The first kappa shape index (κ1) is 21.6. The number of nitrogens with zero attached hydrogens (tertiary/aromatic N) is 2. The molecular weight excluding hydrogens is 328 g/mol. The molecule has 0 saturated carbocycles. The smallest absolute Gasteiger partial charge is 0.0162 e. The Kier molecular flexibility index (Phi) is 5.86. The molecular formula is C25H48N2. The Bertz CT molecular complexity index is 515. The van der Waals surface area contributed by atoms with Gasteiger partial charge in [-0.3, -0.25) is 9.80 Å². The topological polar surface area (TPSA) is 6.48 Å². The van der Waals surface area contributed by atoms with Crippen molar-refractivity contribution in [2.24, 2.45) is 16.7 Å². The fraction of sp³-hybridized carbons (Fsp3) is 1.00. The maximum Gasteiger partial charge on any atom is 0.0162 e. The lowest BCUT2D eigenvalue weighted by molar-refractivity contribution is 0.0143. The van der Waals surface area contributed by atoms with E-state index in [0.29, 0.717) is 21.9 Å². The number of hydrogen-bond donors (Lipinski definition) is 0. The van der Waals surface area contributed by atoms with Gasteiger partial charge in [0.2, 0.25) is 0 Å². The van der Waals surface area contributed by atoms with Crippen LogP contribution in [0.4, 0.5) is 0 Å². The molecule has 0 aliphatic carbocycles. The molecule has 2 heteroatoms. The summed E-state index contributed by atoms with van der Waals surface area (Å²) in [7, 11) is 0. The summed E-state index contributed by atoms with van der Waals surface area (Å²) in [6, 6.07) is 0.820. The summed E-state index contributed by atoms with van der Waals surface area (Å²) in [4.78, 5) is 5.72. The Morgan fingerprint density at radius 2 is 1.59 bits per heavy atom. The second kappa shape index (κ2) is 7.31. The molecule has 3 saturated heterocycles. The predicted octanol–water partition coefficient (Wildman–Crippen LogP) is 6.35. The highest BCUT2D eigenvalue weighted by Gasteiger charge is 2.53. The molecule has 0 aromatic carbocycles. The van der Waals surface area contributed by atoms with Crippen LogP contribution in [-0.4, -0.2) is 46.6 Å². The number of rotatable bonds is 4. The molecule has 3 heterocycles. The van der Waals surface area contributed by atoms with Gasteiger partial charge >= 0.3 is 0 Å². The van der Waals surface area contributed by atoms with Crippen LogP contribution in [0.3, 0.4) is 0 Å². The largest absolute Gasteiger partial charge is 0.298 e. The Balaban J connectivity index is 1.66. The van der Waals surface area contributed by atoms with Crippen LogP contribution in [0.5, 0.6) is 0 Å². The third-order valence-corrected chi connectivity index (χ3v) is 8.73. The highest BCUT2D eigenvalue weighted by atomic mass is 15.3. The third-order valence-electron chi connectivity index (χ3n) is 8.73. The van der Waals surface area contributed by atoms with E-state index in [0.717, 1.165) is 12.0 Å². The van der Waals surface area contributed by atoms with Crippen molar-refractivity contribution < 1.29 is 0 Å². The fourth-order valence-electron chi connectivity index (χ4n) is 6.83. The van der Waals surface area contributed by atoms with Gasteiger partial charge in [0.25, 0.3) is 0 Å². The summed E-state index contributed by atoms with van der Waals surface area (Å²) in [5, 5.41) is 0. The van der Waals surface area contributed by atoms with E-state index in [1.54, 1.807) is 0 Å². The van der Waals surface area contributed by atoms with Crippen molar-refractivity contribution in [3.8, 4) is 0 Å². The molecule has 0 bridgehead atoms. The van der Waals surface area contributed by atoms with E-state index in [4.69, 9.17) is 0 Å². The van der Waals surface area contributed by atoms with Gasteiger partial charge in [0.05, 0.1) is 0 Å². The summed E-state index contributed by atoms with van der Waals surface area (Å²) in [5.74, 6) is 0.848. The number of fused-ring (bicyclic) bond motifs is 1. The van der Waals surface area contributed by atoms with Gasteiger partial charge in [-0.25, -0.2) is 0 Å². The zero-order chi connectivity index (χ0) is 20.1. The fourth-order valence-corrected chi connectivity index (χ4v) is 6.83. The van der Waals surface area contributed by atoms with Gasteiger partial charge in [-0.15, -0.1) is 0 Å². The molecule has 3 rings (SSSR count). The molecule has 2 nitrogen and oxygen atoms in total. The maximum absolute atomic E-state index is 2.88. The van der Waals surface area contributed by atoms with Gasteiger partial charge < -0.3 is 0 Å². The minimum Gasteiger partial charge on any atom is -0.298 e. The molecule has 0 spiro atoms. The SMILES string of the molecule is CC(C)(C)C1CCCN(C(C)(C)CC[C@@]2(C)CC(C)(C)N3CCCCC32)C1. The van der Waals surface area contributed by atoms with E-state index in [1.165, 1.54) is 71.0 Å². The van der Waals surface area contributed by atoms with Crippen LogP contribution < -0.4 is 0 Å². The average molecular weight is 377 g/mol. The molecule has 3 fully saturated rings. The van der Waals surface area contributed by atoms with Crippen LogP contribution in [0.1, 0.15) is 107 Å². The summed E-state index contributed by atoms with van der Waals surface area (Å²) >= 11 is 0. The Morgan fingerprint density at radius 3 is 2.26 bits per heavy atom. The third kappa shape index (κ3) is 4.42. The molecule has 3 aliphatic rings. The Labute approximate surface area is 170 Å². The first-order valence-electron chi connectivity index (χ1n) is 11.9. The van der Waals surface area contributed by atoms with Gasteiger partial charge in [0, 0.05) is 23.7 Å². The zero-order valence-electron chi connectivity index (χ0n) is 19.8. The van der Waals surface area contributed by atoms with Gasteiger partial charge in [0.1, 0.15) is 0 Å². The maximum atomic E-state index is 2.88. The van der Waals surface area contributed by atoms with Crippen molar-refractivity contribution in [3.63, 3.8) is 0 Å². The average Bonchev–Trinajstić information content (AvgIpc) is 2.80. The van der Waals surface area contributed by atoms with E-state index in [1.807, 2.05) is 0 Å². The molecule has 158 valence electrons. The van der Waals surface area contributed by atoms with Gasteiger partial charge in [-0.2, -0.15) is 0 Å². The van der Waals surface area contributed by atoms with Crippen LogP contribution in [0.25, 0.3) is 0 Å². The molecule has 3 aliphatic heterocycles. The normalized spacial score (nSPS) is 36.0. The lowest BCUT2D eigenvalue weighted by atomic mass is 9.71. The number of piperidine rings is 2. The van der Waals surface area contributed by atoms with Crippen LogP contribution in [0, 0.1) is 16.7 Å². The molecule has 3 atom stereocenters. The molecule has 0 aromatic heterocycles. The summed E-state index contributed by atoms with van der Waals surface area (Å²) < 4.78 is 0. The van der Waals surface area contributed by atoms with E-state index >= 15 is 0 Å². The minimum absolute atomic E-state index is 0.332. The highest BCUT2D eigenvalue weighted by Crippen LogP contribution is 2.53. The predicted molar refractivity (Wildman–Crippen MR) is 118 cm³/mol. The molecule has 0 aromatic rings. The van der Waals surface area contributed by atoms with Crippen LogP contribution in [0.15, 0.2) is 0 Å². The van der Waals surface area contributed by atoms with Gasteiger partial charge in [-0.05, 0) is 102 Å². The minimum atomic E-state index is 0.332. The lowest BCUT2D eigenvalue weighted by Crippen LogP contribution is -2.52. The lowest BCUT2D eigenvalue weighted by Gasteiger charge is -2.48. The Morgan fingerprint density at radius 1 is 0.889 bits per heavy atom. The van der Waals surface area contributed by atoms with E-state index in [2.05, 4.69) is 65.2 Å². The van der Waals surface area contributed by atoms with Crippen molar-refractivity contribution in [1.29, 1.82) is 0 Å². The molecule has 27 heavy (non-hydrogen) atoms. The summed E-state index contributed by atoms with van der Waals surface area (Å²) in [6.45, 7) is 23.9. The molecule has 0 amide bonds. The Hall–Kier alpha value is -0.0800. The molecule has 0 N–H and O–H groups in total. The standard InChI is InChI=1S/C25H48N2/c1-22(2,3)20-12-11-16-26(18-20)23(4,5)14-15-25(8)19-24(6,7)27-17-10-9-13-21(25)27/h20-21H,9-19H2,1-8H3/t20?,21?,25-/m0/s1. The van der Waals surface area contributed by atoms with Crippen molar-refractivity contribution in [1.82, 2.24) is 9.80 Å². The monoisotopic (exact) mass is 376 g/mol. The first-order chi connectivity index (χ1) is 12.4. The number of likely N-dealkylation sites (tertiary alicyclic amines) is 1. The van der Waals surface area contributed by atoms with E-state index < -0.39 is 0 Å². The molecule has 0 radical (unpaired) electrons. The van der Waals surface area contributed by atoms with Gasteiger partial charge in [-0.1, -0.05) is 34.1 Å². The second-order valence-corrected chi connectivity index (χ2v) is 12.8. The van der Waals surface area contributed by atoms with E-state index in [-0.39, 0.29) is 0 Å². The van der Waals surface area contributed by atoms with Crippen LogP contribution in [0.2, 0.25) is 0 Å². The van der Waals surface area contributed by atoms with Crippen LogP contribution >= 0.6 is 0 Å². The molecule has 2 unspecified atom stereocenters. The van der Waals surface area contributed by atoms with Crippen molar-refractivity contribution in [3.05, 3.63) is 0 Å². The van der Waals surface area contributed by atoms with E-state index in [9.17, 15) is 0 Å². The van der Waals surface area contributed by atoms with Gasteiger partial charge in [0.15, 0.2) is 0 Å². The first-order valence-corrected chi connectivity index (χ1v) is 11.9. The van der Waals surface area contributed by atoms with Crippen molar-refractivity contribution >= 4 is 0 Å². The summed E-state index contributed by atoms with van der Waals surface area (Å²) in [5.41, 5.74) is 1.67. The second-order valence-electron chi connectivity index (χ2n) is 12.8.